The number of hydrogen-bond donors (Lipinski definition) is 0. The molecule has 0 amide bonds. The Morgan fingerprint density at radius 2 is 0.862 bits per heavy atom. The minimum Gasteiger partial charge on any atom is -0.463 e. The van der Waals surface area contributed by atoms with Gasteiger partial charge in [0.25, 0.3) is 0 Å². The van der Waals surface area contributed by atoms with Crippen LogP contribution in [0.4, 0.5) is 0 Å². The predicted octanol–water partition coefficient (Wildman–Crippen LogP) is 2.33. The minimum atomic E-state index is -1.95. The zero-order valence-corrected chi connectivity index (χ0v) is 49.4. The highest BCUT2D eigenvalue weighted by Crippen LogP contribution is 2.38. The highest BCUT2D eigenvalue weighted by Gasteiger charge is 2.58. The lowest BCUT2D eigenvalue weighted by atomic mass is 9.96. The van der Waals surface area contributed by atoms with Crippen molar-refractivity contribution in [2.45, 2.75) is 182 Å². The van der Waals surface area contributed by atoms with Crippen LogP contribution < -0.4 is 14.2 Å². The summed E-state index contributed by atoms with van der Waals surface area (Å²) in [6.45, 7) is 11.0. The summed E-state index contributed by atoms with van der Waals surface area (Å²) < 4.78 is 105. The number of carbonyl (C=O) groups excluding carboxylic acids is 12. The third-order valence-electron chi connectivity index (χ3n) is 12.2. The van der Waals surface area contributed by atoms with Crippen LogP contribution in [0.25, 0.3) is 6.08 Å². The molecule has 3 aliphatic heterocycles. The molecule has 3 aliphatic rings. The van der Waals surface area contributed by atoms with Gasteiger partial charge < -0.3 is 85.3 Å². The Bertz CT molecular complexity index is 2860. The normalized spacial score (nSPS) is 26.7. The van der Waals surface area contributed by atoms with E-state index in [1.807, 2.05) is 0 Å². The Morgan fingerprint density at radius 3 is 1.39 bits per heavy atom. The van der Waals surface area contributed by atoms with Crippen LogP contribution >= 0.6 is 0 Å². The predicted molar refractivity (Wildman–Crippen MR) is 283 cm³/mol. The van der Waals surface area contributed by atoms with E-state index in [1.165, 1.54) is 62.4 Å². The molecule has 30 heteroatoms. The second-order valence-corrected chi connectivity index (χ2v) is 19.5. The van der Waals surface area contributed by atoms with Crippen LogP contribution in [0, 0.1) is 0 Å². The van der Waals surface area contributed by atoms with Gasteiger partial charge in [-0.3, -0.25) is 52.7 Å². The molecule has 2 aromatic carbocycles. The summed E-state index contributed by atoms with van der Waals surface area (Å²) in [6.07, 6.45) is -24.0. The highest BCUT2D eigenvalue weighted by atomic mass is 16.8. The van der Waals surface area contributed by atoms with Gasteiger partial charge in [0.15, 0.2) is 79.2 Å². The minimum absolute atomic E-state index is 0.0663. The maximum absolute atomic E-state index is 14.3. The molecule has 5 rings (SSSR count). The van der Waals surface area contributed by atoms with Gasteiger partial charge in [0, 0.05) is 82.2 Å². The molecule has 87 heavy (non-hydrogen) atoms. The Balaban J connectivity index is 1.71. The van der Waals surface area contributed by atoms with Crippen LogP contribution in [-0.4, -0.2) is 184 Å². The quantitative estimate of drug-likeness (QED) is 0.0630. The first kappa shape index (κ1) is 69.4. The van der Waals surface area contributed by atoms with Crippen molar-refractivity contribution in [3.05, 3.63) is 59.7 Å². The maximum atomic E-state index is 14.3. The smallest absolute Gasteiger partial charge is 0.331 e. The number of hydrogen-bond acceptors (Lipinski definition) is 30. The Kier molecular flexibility index (Phi) is 25.8. The average molecular weight is 1230 g/mol. The van der Waals surface area contributed by atoms with Gasteiger partial charge in [-0.1, -0.05) is 18.2 Å². The van der Waals surface area contributed by atoms with E-state index in [2.05, 4.69) is 0 Å². The van der Waals surface area contributed by atoms with Crippen molar-refractivity contribution in [2.24, 2.45) is 0 Å². The lowest BCUT2D eigenvalue weighted by Crippen LogP contribution is -2.67. The molecule has 0 aliphatic carbocycles. The second kappa shape index (κ2) is 32.4. The molecule has 15 atom stereocenters. The standard InChI is InChI=1S/C57H68O30/c1-26-46(77-31(6)62)49(79-33(8)64)54(83-37(12)68)57(73-26)87-51-48(86-45(69)20-16-38-13-17-40(18-14-38)74-28(3)59)44(25-72-56-52(81-35(10)66)50(80-34(9)65)47(78-32(7)63)43(85-56)24-71-27(2)58)84-55(53(51)82-36(11)67)70-22-21-39-15-19-41(75-29(4)60)42(23-39)76-30(5)61/h13-20,23,26,43-44,46-57H,21-22,24-25H2,1-12H3/b20-16+/t26-,43+,44+,46-,47+,48+,49+,50-,51-,52+,53+,54+,55+,56+,57-/m0/s1. The second-order valence-electron chi connectivity index (χ2n) is 19.5. The van der Waals surface area contributed by atoms with E-state index in [1.54, 1.807) is 0 Å². The van der Waals surface area contributed by atoms with E-state index < -0.39 is 177 Å². The third kappa shape index (κ3) is 21.5. The summed E-state index contributed by atoms with van der Waals surface area (Å²) >= 11 is 0. The van der Waals surface area contributed by atoms with E-state index in [-0.39, 0.29) is 30.3 Å². The molecule has 0 spiro atoms. The van der Waals surface area contributed by atoms with Crippen molar-refractivity contribution in [1.29, 1.82) is 0 Å². The van der Waals surface area contributed by atoms with Crippen LogP contribution in [0.5, 0.6) is 17.2 Å². The third-order valence-corrected chi connectivity index (χ3v) is 12.2. The van der Waals surface area contributed by atoms with Crippen LogP contribution in [-0.2, 0) is 135 Å². The molecule has 0 saturated carbocycles. The van der Waals surface area contributed by atoms with Gasteiger partial charge >= 0.3 is 71.6 Å². The van der Waals surface area contributed by atoms with Gasteiger partial charge in [0.05, 0.1) is 19.3 Å². The lowest BCUT2D eigenvalue weighted by molar-refractivity contribution is -0.365. The number of esters is 12. The van der Waals surface area contributed by atoms with E-state index in [0.717, 1.165) is 75.3 Å². The molecule has 0 unspecified atom stereocenters. The molecule has 0 N–H and O–H groups in total. The van der Waals surface area contributed by atoms with Crippen molar-refractivity contribution in [3.8, 4) is 17.2 Å². The molecule has 2 aromatic rings. The fourth-order valence-corrected chi connectivity index (χ4v) is 9.13. The molecule has 3 heterocycles. The molecule has 3 saturated heterocycles. The summed E-state index contributed by atoms with van der Waals surface area (Å²) in [6, 6.07) is 10.1. The lowest BCUT2D eigenvalue weighted by Gasteiger charge is -2.49. The Hall–Kier alpha value is -8.42. The van der Waals surface area contributed by atoms with Crippen molar-refractivity contribution in [2.75, 3.05) is 19.8 Å². The Labute approximate surface area is 497 Å². The van der Waals surface area contributed by atoms with Crippen LogP contribution in [0.1, 0.15) is 94.2 Å². The van der Waals surface area contributed by atoms with Gasteiger partial charge in [0.2, 0.25) is 0 Å². The van der Waals surface area contributed by atoms with E-state index in [0.29, 0.717) is 11.1 Å². The Morgan fingerprint density at radius 1 is 0.414 bits per heavy atom. The maximum Gasteiger partial charge on any atom is 0.331 e. The topological polar surface area (TPSA) is 371 Å². The van der Waals surface area contributed by atoms with E-state index >= 15 is 0 Å². The zero-order valence-electron chi connectivity index (χ0n) is 49.4. The van der Waals surface area contributed by atoms with Crippen molar-refractivity contribution in [1.82, 2.24) is 0 Å². The van der Waals surface area contributed by atoms with Gasteiger partial charge in [-0.2, -0.15) is 0 Å². The highest BCUT2D eigenvalue weighted by molar-refractivity contribution is 5.87. The number of carbonyl (C=O) groups is 12. The number of ether oxygens (including phenoxy) is 18. The summed E-state index contributed by atoms with van der Waals surface area (Å²) in [4.78, 5) is 152. The molecule has 30 nitrogen and oxygen atoms in total. The molecular weight excluding hydrogens is 1160 g/mol. The molecule has 3 fully saturated rings. The summed E-state index contributed by atoms with van der Waals surface area (Å²) in [5.41, 5.74) is 0.782. The van der Waals surface area contributed by atoms with Crippen molar-refractivity contribution in [3.63, 3.8) is 0 Å². The van der Waals surface area contributed by atoms with Crippen LogP contribution in [0.3, 0.4) is 0 Å². The van der Waals surface area contributed by atoms with E-state index in [4.69, 9.17) is 85.3 Å². The molecular formula is C57H68O30. The molecule has 0 radical (unpaired) electrons. The first-order chi connectivity index (χ1) is 41.0. The van der Waals surface area contributed by atoms with Gasteiger partial charge in [-0.05, 0) is 54.8 Å². The fourth-order valence-electron chi connectivity index (χ4n) is 9.13. The first-order valence-corrected chi connectivity index (χ1v) is 26.8. The monoisotopic (exact) mass is 1230 g/mol. The zero-order chi connectivity index (χ0) is 64.4. The first-order valence-electron chi connectivity index (χ1n) is 26.8. The van der Waals surface area contributed by atoms with Gasteiger partial charge in [-0.15, -0.1) is 0 Å². The average Bonchev–Trinajstić information content (AvgIpc) is 1.42. The largest absolute Gasteiger partial charge is 0.463 e. The number of benzene rings is 2. The molecule has 0 bridgehead atoms. The van der Waals surface area contributed by atoms with Gasteiger partial charge in [-0.25, -0.2) is 4.79 Å². The van der Waals surface area contributed by atoms with Crippen molar-refractivity contribution >= 4 is 77.7 Å². The fraction of sp³-hybridized carbons (Fsp3) is 0.544. The molecule has 476 valence electrons. The van der Waals surface area contributed by atoms with Crippen LogP contribution in [0.2, 0.25) is 0 Å². The number of rotatable bonds is 24. The van der Waals surface area contributed by atoms with Gasteiger partial charge in [0.1, 0.15) is 30.7 Å². The SMILES string of the molecule is CC(=O)OC[C@H]1O[C@@H](OC[C@H]2O[C@@H](OCCc3ccc(OC(C)=O)c(OC(C)=O)c3)[C@H](OC(C)=O)[C@@H](O[C@@H]3O[C@@H](C)[C@H](OC(C)=O)[C@@H](OC(C)=O)[C@H]3OC(C)=O)[C@@H]2OC(=O)/C=C/c2ccc(OC(C)=O)cc2)[C@H](OC(C)=O)[C@@H](OC(C)=O)[C@@H]1OC(C)=O. The summed E-state index contributed by atoms with van der Waals surface area (Å²) in [5, 5.41) is 0. The van der Waals surface area contributed by atoms with Crippen molar-refractivity contribution < 1.29 is 143 Å². The summed E-state index contributed by atoms with van der Waals surface area (Å²) in [7, 11) is 0. The van der Waals surface area contributed by atoms with E-state index in [9.17, 15) is 57.5 Å². The van der Waals surface area contributed by atoms with Crippen LogP contribution in [0.15, 0.2) is 48.5 Å². The molecule has 0 aromatic heterocycles. The summed E-state index contributed by atoms with van der Waals surface area (Å²) in [5.74, 6) is -10.9.